The van der Waals surface area contributed by atoms with Gasteiger partial charge in [0.1, 0.15) is 24.4 Å². The SMILES string of the molecule is OCC1CC(O)C(O)C(C#Cc2ccc3c4ccc(C#CC5OC(CO)CC(O)C5O)cc4n(C4CCOCC4)c3c2)O1. The number of aliphatic hydroxyl groups is 6. The molecular weight excluding hydrogens is 554 g/mol. The molecule has 0 amide bonds. The highest BCUT2D eigenvalue weighted by Gasteiger charge is 2.36. The highest BCUT2D eigenvalue weighted by Crippen LogP contribution is 2.36. The average molecular weight is 592 g/mol. The minimum absolute atomic E-state index is 0.152. The third-order valence-corrected chi connectivity index (χ3v) is 8.58. The largest absolute Gasteiger partial charge is 0.394 e. The van der Waals surface area contributed by atoms with Gasteiger partial charge in [0.05, 0.1) is 48.7 Å². The summed E-state index contributed by atoms with van der Waals surface area (Å²) in [5.41, 5.74) is 3.44. The van der Waals surface area contributed by atoms with Crippen LogP contribution in [0.2, 0.25) is 0 Å². The number of aliphatic hydroxyl groups excluding tert-OH is 6. The maximum absolute atomic E-state index is 10.4. The van der Waals surface area contributed by atoms with Crippen LogP contribution in [-0.2, 0) is 14.2 Å². The lowest BCUT2D eigenvalue weighted by atomic mass is 9.98. The first kappa shape index (κ1) is 30.0. The second kappa shape index (κ2) is 12.9. The zero-order chi connectivity index (χ0) is 30.1. The minimum atomic E-state index is -1.16. The van der Waals surface area contributed by atoms with E-state index >= 15 is 0 Å². The molecule has 4 heterocycles. The summed E-state index contributed by atoms with van der Waals surface area (Å²) in [7, 11) is 0. The Bertz CT molecular complexity index is 1470. The highest BCUT2D eigenvalue weighted by molar-refractivity contribution is 6.08. The lowest BCUT2D eigenvalue weighted by Gasteiger charge is -2.33. The Morgan fingerprint density at radius 2 is 1.16 bits per heavy atom. The van der Waals surface area contributed by atoms with Gasteiger partial charge in [0.15, 0.2) is 0 Å². The summed E-state index contributed by atoms with van der Waals surface area (Å²) in [4.78, 5) is 0. The van der Waals surface area contributed by atoms with Crippen molar-refractivity contribution in [3.05, 3.63) is 47.5 Å². The monoisotopic (exact) mass is 591 g/mol. The van der Waals surface area contributed by atoms with Gasteiger partial charge >= 0.3 is 0 Å². The number of hydrogen-bond acceptors (Lipinski definition) is 9. The molecular formula is C33H37NO9. The van der Waals surface area contributed by atoms with Gasteiger partial charge in [-0.3, -0.25) is 0 Å². The van der Waals surface area contributed by atoms with Gasteiger partial charge in [-0.25, -0.2) is 0 Å². The van der Waals surface area contributed by atoms with Gasteiger partial charge in [-0.15, -0.1) is 0 Å². The van der Waals surface area contributed by atoms with Crippen LogP contribution in [0.1, 0.15) is 42.9 Å². The molecule has 43 heavy (non-hydrogen) atoms. The number of rotatable bonds is 3. The molecule has 6 rings (SSSR count). The molecule has 0 aliphatic carbocycles. The third-order valence-electron chi connectivity index (χ3n) is 8.58. The molecule has 0 bridgehead atoms. The molecule has 8 atom stereocenters. The minimum Gasteiger partial charge on any atom is -0.394 e. The number of fused-ring (bicyclic) bond motifs is 3. The van der Waals surface area contributed by atoms with E-state index in [0.29, 0.717) is 13.2 Å². The van der Waals surface area contributed by atoms with Crippen molar-refractivity contribution in [2.45, 2.75) is 80.6 Å². The van der Waals surface area contributed by atoms with Gasteiger partial charge in [-0.05, 0) is 37.1 Å². The van der Waals surface area contributed by atoms with Crippen molar-refractivity contribution in [3.8, 4) is 23.7 Å². The fraction of sp³-hybridized carbons (Fsp3) is 0.515. The molecule has 3 aliphatic rings. The predicted octanol–water partition coefficient (Wildman–Crippen LogP) is 0.592. The summed E-state index contributed by atoms with van der Waals surface area (Å²) in [6.07, 6.45) is -5.37. The molecule has 228 valence electrons. The van der Waals surface area contributed by atoms with Crippen LogP contribution >= 0.6 is 0 Å². The van der Waals surface area contributed by atoms with Crippen LogP contribution in [0.3, 0.4) is 0 Å². The van der Waals surface area contributed by atoms with E-state index in [0.717, 1.165) is 45.8 Å². The Labute approximate surface area is 249 Å². The molecule has 3 aliphatic heterocycles. The van der Waals surface area contributed by atoms with E-state index < -0.39 is 48.8 Å². The van der Waals surface area contributed by atoms with Crippen LogP contribution in [0.5, 0.6) is 0 Å². The fourth-order valence-corrected chi connectivity index (χ4v) is 6.23. The van der Waals surface area contributed by atoms with Gasteiger partial charge in [0.2, 0.25) is 0 Å². The molecule has 3 saturated heterocycles. The summed E-state index contributed by atoms with van der Waals surface area (Å²) >= 11 is 0. The number of hydrogen-bond donors (Lipinski definition) is 6. The molecule has 0 saturated carbocycles. The fourth-order valence-electron chi connectivity index (χ4n) is 6.23. The average Bonchev–Trinajstić information content (AvgIpc) is 3.35. The molecule has 3 fully saturated rings. The van der Waals surface area contributed by atoms with Crippen LogP contribution in [0, 0.1) is 23.7 Å². The van der Waals surface area contributed by atoms with Crippen molar-refractivity contribution in [1.29, 1.82) is 0 Å². The molecule has 10 nitrogen and oxygen atoms in total. The summed E-state index contributed by atoms with van der Waals surface area (Å²) in [5, 5.41) is 62.2. The number of benzene rings is 2. The van der Waals surface area contributed by atoms with E-state index in [1.165, 1.54) is 0 Å². The Hall–Kier alpha value is -3.00. The predicted molar refractivity (Wildman–Crippen MR) is 157 cm³/mol. The Balaban J connectivity index is 1.37. The Kier molecular flexibility index (Phi) is 9.03. The first-order chi connectivity index (χ1) is 20.9. The van der Waals surface area contributed by atoms with E-state index in [-0.39, 0.29) is 32.1 Å². The quantitative estimate of drug-likeness (QED) is 0.240. The van der Waals surface area contributed by atoms with Crippen LogP contribution in [0.15, 0.2) is 36.4 Å². The van der Waals surface area contributed by atoms with Crippen molar-refractivity contribution in [1.82, 2.24) is 4.57 Å². The van der Waals surface area contributed by atoms with E-state index in [1.807, 2.05) is 36.4 Å². The topological polar surface area (TPSA) is 154 Å². The highest BCUT2D eigenvalue weighted by atomic mass is 16.5. The van der Waals surface area contributed by atoms with Crippen LogP contribution in [0.25, 0.3) is 21.8 Å². The van der Waals surface area contributed by atoms with Crippen molar-refractivity contribution in [3.63, 3.8) is 0 Å². The molecule has 10 heteroatoms. The van der Waals surface area contributed by atoms with Crippen LogP contribution in [-0.4, -0.2) is 110 Å². The summed E-state index contributed by atoms with van der Waals surface area (Å²) < 4.78 is 19.3. The normalized spacial score (nSPS) is 31.8. The summed E-state index contributed by atoms with van der Waals surface area (Å²) in [6, 6.07) is 12.1. The molecule has 2 aromatic carbocycles. The summed E-state index contributed by atoms with van der Waals surface area (Å²) in [6.45, 7) is 0.790. The zero-order valence-corrected chi connectivity index (χ0v) is 23.7. The standard InChI is InChI=1S/C33H37NO9/c35-17-22-15-28(37)32(39)30(42-22)7-3-19-1-5-24-25-6-2-20(4-8-31-33(40)29(38)16-23(18-36)43-31)14-27(25)34(26(24)13-19)21-9-11-41-12-10-21/h1-2,5-6,13-14,21-23,28-33,35-40H,9-12,15-18H2. The van der Waals surface area contributed by atoms with Gasteiger partial charge < -0.3 is 49.4 Å². The third kappa shape index (κ3) is 6.17. The molecule has 0 radical (unpaired) electrons. The van der Waals surface area contributed by atoms with Crippen LogP contribution < -0.4 is 0 Å². The molecule has 6 N–H and O–H groups in total. The number of nitrogens with zero attached hydrogens (tertiary/aromatic N) is 1. The van der Waals surface area contributed by atoms with Gasteiger partial charge in [0, 0.05) is 54.0 Å². The number of aromatic nitrogens is 1. The first-order valence-electron chi connectivity index (χ1n) is 14.8. The molecule has 3 aromatic rings. The van der Waals surface area contributed by atoms with E-state index in [2.05, 4.69) is 28.2 Å². The number of ether oxygens (including phenoxy) is 3. The van der Waals surface area contributed by atoms with Crippen molar-refractivity contribution in [2.75, 3.05) is 26.4 Å². The molecule has 8 unspecified atom stereocenters. The van der Waals surface area contributed by atoms with E-state index in [9.17, 15) is 30.6 Å². The van der Waals surface area contributed by atoms with Gasteiger partial charge in [-0.1, -0.05) is 35.8 Å². The van der Waals surface area contributed by atoms with E-state index in [4.69, 9.17) is 14.2 Å². The Morgan fingerprint density at radius 3 is 1.60 bits per heavy atom. The zero-order valence-electron chi connectivity index (χ0n) is 23.7. The summed E-state index contributed by atoms with van der Waals surface area (Å²) in [5.74, 6) is 12.1. The lowest BCUT2D eigenvalue weighted by molar-refractivity contribution is -0.157. The van der Waals surface area contributed by atoms with Crippen LogP contribution in [0.4, 0.5) is 0 Å². The first-order valence-corrected chi connectivity index (χ1v) is 14.8. The van der Waals surface area contributed by atoms with Crippen molar-refractivity contribution in [2.24, 2.45) is 0 Å². The maximum Gasteiger partial charge on any atom is 0.147 e. The smallest absolute Gasteiger partial charge is 0.147 e. The van der Waals surface area contributed by atoms with Gasteiger partial charge in [-0.2, -0.15) is 0 Å². The van der Waals surface area contributed by atoms with Gasteiger partial charge in [0.25, 0.3) is 0 Å². The lowest BCUT2D eigenvalue weighted by Crippen LogP contribution is -2.48. The molecule has 1 aromatic heterocycles. The Morgan fingerprint density at radius 1 is 0.698 bits per heavy atom. The van der Waals surface area contributed by atoms with Crippen molar-refractivity contribution >= 4 is 21.8 Å². The molecule has 0 spiro atoms. The van der Waals surface area contributed by atoms with E-state index in [1.54, 1.807) is 0 Å². The second-order valence-electron chi connectivity index (χ2n) is 11.5. The maximum atomic E-state index is 10.4. The second-order valence-corrected chi connectivity index (χ2v) is 11.5. The van der Waals surface area contributed by atoms with Crippen molar-refractivity contribution < 1.29 is 44.8 Å².